The van der Waals surface area contributed by atoms with Gasteiger partial charge in [-0.15, -0.1) is 0 Å². The fourth-order valence-corrected chi connectivity index (χ4v) is 3.15. The molecular weight excluding hydrogens is 326 g/mol. The lowest BCUT2D eigenvalue weighted by atomic mass is 10.1. The van der Waals surface area contributed by atoms with E-state index in [1.807, 2.05) is 31.2 Å². The van der Waals surface area contributed by atoms with Crippen molar-refractivity contribution in [2.45, 2.75) is 52.0 Å². The van der Waals surface area contributed by atoms with E-state index >= 15 is 0 Å². The monoisotopic (exact) mass is 355 g/mol. The first kappa shape index (κ1) is 18.5. The lowest BCUT2D eigenvalue weighted by molar-refractivity contribution is 0.0941. The first-order valence-electron chi connectivity index (χ1n) is 9.62. The van der Waals surface area contributed by atoms with Crippen LogP contribution in [0.3, 0.4) is 0 Å². The van der Waals surface area contributed by atoms with E-state index in [-0.39, 0.29) is 5.91 Å². The number of aromatic nitrogens is 2. The van der Waals surface area contributed by atoms with Crippen molar-refractivity contribution < 1.29 is 9.53 Å². The number of unbranched alkanes of at least 4 members (excludes halogenated alkanes) is 2. The van der Waals surface area contributed by atoms with Gasteiger partial charge in [0.1, 0.15) is 11.4 Å². The summed E-state index contributed by atoms with van der Waals surface area (Å²) in [5.74, 6) is 1.78. The van der Waals surface area contributed by atoms with E-state index in [2.05, 4.69) is 10.4 Å². The van der Waals surface area contributed by atoms with Crippen LogP contribution < -0.4 is 10.1 Å². The summed E-state index contributed by atoms with van der Waals surface area (Å²) < 4.78 is 7.46. The van der Waals surface area contributed by atoms with E-state index in [1.54, 1.807) is 17.8 Å². The Morgan fingerprint density at radius 1 is 1.27 bits per heavy atom. The van der Waals surface area contributed by atoms with Crippen LogP contribution in [0, 0.1) is 12.8 Å². The van der Waals surface area contributed by atoms with Gasteiger partial charge in [0.2, 0.25) is 0 Å². The second-order valence-corrected chi connectivity index (χ2v) is 7.27. The van der Waals surface area contributed by atoms with Crippen molar-refractivity contribution in [3.05, 3.63) is 47.3 Å². The van der Waals surface area contributed by atoms with Crippen LogP contribution in [0.4, 0.5) is 0 Å². The molecule has 0 aliphatic heterocycles. The van der Waals surface area contributed by atoms with Gasteiger partial charge in [-0.25, -0.2) is 0 Å². The Hall–Kier alpha value is -2.30. The van der Waals surface area contributed by atoms with Gasteiger partial charge in [-0.05, 0) is 43.0 Å². The third-order valence-electron chi connectivity index (χ3n) is 4.81. The highest BCUT2D eigenvalue weighted by atomic mass is 16.5. The fraction of sp³-hybridized carbons (Fsp3) is 0.524. The Labute approximate surface area is 155 Å². The van der Waals surface area contributed by atoms with Crippen LogP contribution in [0.25, 0.3) is 0 Å². The second kappa shape index (κ2) is 8.88. The molecule has 1 aliphatic rings. The molecule has 1 saturated carbocycles. The largest absolute Gasteiger partial charge is 0.494 e. The quantitative estimate of drug-likeness (QED) is 0.655. The third kappa shape index (κ3) is 5.61. The van der Waals surface area contributed by atoms with E-state index < -0.39 is 0 Å². The van der Waals surface area contributed by atoms with E-state index in [0.29, 0.717) is 12.2 Å². The smallest absolute Gasteiger partial charge is 0.269 e. The Balaban J connectivity index is 1.40. The third-order valence-corrected chi connectivity index (χ3v) is 4.81. The molecule has 0 spiro atoms. The zero-order valence-electron chi connectivity index (χ0n) is 15.8. The first-order valence-corrected chi connectivity index (χ1v) is 9.62. The molecule has 0 radical (unpaired) electrons. The number of rotatable bonds is 10. The summed E-state index contributed by atoms with van der Waals surface area (Å²) in [6, 6.07) is 9.73. The minimum Gasteiger partial charge on any atom is -0.494 e. The number of carbonyl (C=O) groups excluding carboxylic acids is 1. The predicted molar refractivity (Wildman–Crippen MR) is 102 cm³/mol. The predicted octanol–water partition coefficient (Wildman–Crippen LogP) is 4.01. The van der Waals surface area contributed by atoms with E-state index in [1.165, 1.54) is 32.1 Å². The fourth-order valence-electron chi connectivity index (χ4n) is 3.15. The highest BCUT2D eigenvalue weighted by Gasteiger charge is 2.19. The Bertz CT molecular complexity index is 735. The summed E-state index contributed by atoms with van der Waals surface area (Å²) in [6.07, 6.45) is 7.96. The highest BCUT2D eigenvalue weighted by Crippen LogP contribution is 2.34. The molecule has 0 bridgehead atoms. The molecule has 0 saturated heterocycles. The van der Waals surface area contributed by atoms with Crippen LogP contribution in [-0.4, -0.2) is 22.3 Å². The van der Waals surface area contributed by atoms with Crippen LogP contribution >= 0.6 is 0 Å². The summed E-state index contributed by atoms with van der Waals surface area (Å²) in [5, 5.41) is 7.15. The summed E-state index contributed by atoms with van der Waals surface area (Å²) in [7, 11) is 1.78. The van der Waals surface area contributed by atoms with Gasteiger partial charge in [-0.1, -0.05) is 44.2 Å². The first-order chi connectivity index (χ1) is 12.6. The van der Waals surface area contributed by atoms with E-state index in [0.717, 1.165) is 36.0 Å². The van der Waals surface area contributed by atoms with Crippen LogP contribution in [0.1, 0.15) is 60.3 Å². The van der Waals surface area contributed by atoms with Crippen molar-refractivity contribution in [1.82, 2.24) is 15.1 Å². The standard InChI is InChI=1S/C21H29N3O2/c1-16-13-20(24(2)23-16)21(25)22-15-18-8-6-9-19(14-18)26-12-5-3-4-7-17-10-11-17/h6,8-9,13-14,17H,3-5,7,10-12,15H2,1-2H3,(H,22,25). The van der Waals surface area contributed by atoms with Gasteiger partial charge in [-0.3, -0.25) is 9.48 Å². The molecule has 1 aromatic carbocycles. The zero-order valence-corrected chi connectivity index (χ0v) is 15.8. The lowest BCUT2D eigenvalue weighted by Crippen LogP contribution is -2.25. The molecule has 26 heavy (non-hydrogen) atoms. The molecule has 1 amide bonds. The Morgan fingerprint density at radius 2 is 2.12 bits per heavy atom. The van der Waals surface area contributed by atoms with Gasteiger partial charge < -0.3 is 10.1 Å². The molecule has 5 nitrogen and oxygen atoms in total. The normalized spacial score (nSPS) is 13.6. The zero-order chi connectivity index (χ0) is 18.4. The number of hydrogen-bond donors (Lipinski definition) is 1. The molecule has 1 heterocycles. The highest BCUT2D eigenvalue weighted by molar-refractivity contribution is 5.92. The minimum atomic E-state index is -0.116. The summed E-state index contributed by atoms with van der Waals surface area (Å²) in [6.45, 7) is 3.11. The Kier molecular flexibility index (Phi) is 6.31. The maximum absolute atomic E-state index is 12.3. The second-order valence-electron chi connectivity index (χ2n) is 7.27. The van der Waals surface area contributed by atoms with Gasteiger partial charge in [-0.2, -0.15) is 5.10 Å². The maximum Gasteiger partial charge on any atom is 0.269 e. The van der Waals surface area contributed by atoms with Gasteiger partial charge in [0, 0.05) is 13.6 Å². The lowest BCUT2D eigenvalue weighted by Gasteiger charge is -2.09. The molecule has 1 N–H and O–H groups in total. The number of hydrogen-bond acceptors (Lipinski definition) is 3. The molecule has 5 heteroatoms. The Morgan fingerprint density at radius 3 is 2.85 bits per heavy atom. The van der Waals surface area contributed by atoms with Gasteiger partial charge >= 0.3 is 0 Å². The van der Waals surface area contributed by atoms with Crippen molar-refractivity contribution in [3.63, 3.8) is 0 Å². The molecule has 140 valence electrons. The number of nitrogens with one attached hydrogen (secondary N) is 1. The average molecular weight is 355 g/mol. The molecule has 2 aromatic rings. The molecule has 3 rings (SSSR count). The van der Waals surface area contributed by atoms with Gasteiger partial charge in [0.25, 0.3) is 5.91 Å². The summed E-state index contributed by atoms with van der Waals surface area (Å²) in [5.41, 5.74) is 2.44. The number of carbonyl (C=O) groups is 1. The molecule has 1 fully saturated rings. The van der Waals surface area contributed by atoms with Crippen molar-refractivity contribution in [3.8, 4) is 5.75 Å². The average Bonchev–Trinajstić information content (AvgIpc) is 3.39. The van der Waals surface area contributed by atoms with Crippen molar-refractivity contribution in [2.24, 2.45) is 13.0 Å². The van der Waals surface area contributed by atoms with Crippen LogP contribution in [-0.2, 0) is 13.6 Å². The van der Waals surface area contributed by atoms with E-state index in [9.17, 15) is 4.79 Å². The van der Waals surface area contributed by atoms with Gasteiger partial charge in [0.05, 0.1) is 12.3 Å². The van der Waals surface area contributed by atoms with Crippen molar-refractivity contribution in [2.75, 3.05) is 6.61 Å². The number of benzene rings is 1. The number of ether oxygens (including phenoxy) is 1. The molecule has 1 aromatic heterocycles. The molecule has 1 aliphatic carbocycles. The molecular formula is C21H29N3O2. The summed E-state index contributed by atoms with van der Waals surface area (Å²) >= 11 is 0. The molecule has 0 atom stereocenters. The molecule has 0 unspecified atom stereocenters. The summed E-state index contributed by atoms with van der Waals surface area (Å²) in [4.78, 5) is 12.3. The van der Waals surface area contributed by atoms with Crippen LogP contribution in [0.2, 0.25) is 0 Å². The number of nitrogens with zero attached hydrogens (tertiary/aromatic N) is 2. The SMILES string of the molecule is Cc1cc(C(=O)NCc2cccc(OCCCCCC3CC3)c2)n(C)n1. The van der Waals surface area contributed by atoms with Crippen LogP contribution in [0.5, 0.6) is 5.75 Å². The van der Waals surface area contributed by atoms with E-state index in [4.69, 9.17) is 4.74 Å². The number of amides is 1. The minimum absolute atomic E-state index is 0.116. The van der Waals surface area contributed by atoms with Crippen molar-refractivity contribution in [1.29, 1.82) is 0 Å². The maximum atomic E-state index is 12.3. The van der Waals surface area contributed by atoms with Gasteiger partial charge in [0.15, 0.2) is 0 Å². The van der Waals surface area contributed by atoms with Crippen LogP contribution in [0.15, 0.2) is 30.3 Å². The number of aryl methyl sites for hydroxylation is 2. The van der Waals surface area contributed by atoms with Crippen molar-refractivity contribution >= 4 is 5.91 Å². The topological polar surface area (TPSA) is 56.1 Å².